The van der Waals surface area contributed by atoms with Crippen LogP contribution in [0.2, 0.25) is 10.0 Å². The number of hydrogen-bond donors (Lipinski definition) is 0. The maximum absolute atomic E-state index is 11.3. The monoisotopic (exact) mass is 365 g/mol. The lowest BCUT2D eigenvalue weighted by atomic mass is 10.2. The van der Waals surface area contributed by atoms with Gasteiger partial charge in [0.2, 0.25) is 0 Å². The molecule has 24 heavy (non-hydrogen) atoms. The molecule has 1 aliphatic heterocycles. The number of nitro benzene ring substituents is 1. The summed E-state index contributed by atoms with van der Waals surface area (Å²) in [6.07, 6.45) is 0. The van der Waals surface area contributed by atoms with Gasteiger partial charge in [-0.15, -0.1) is 0 Å². The minimum absolute atomic E-state index is 0.0609. The molecule has 5 nitrogen and oxygen atoms in total. The zero-order chi connectivity index (χ0) is 17.1. The molecule has 0 N–H and O–H groups in total. The number of nitro groups is 1. The molecule has 0 amide bonds. The van der Waals surface area contributed by atoms with Gasteiger partial charge in [0, 0.05) is 48.8 Å². The van der Waals surface area contributed by atoms with Crippen LogP contribution in [0.1, 0.15) is 5.56 Å². The number of anilines is 1. The number of halogens is 2. The molecule has 0 aliphatic carbocycles. The first-order valence-corrected chi connectivity index (χ1v) is 8.44. The molecule has 0 unspecified atom stereocenters. The van der Waals surface area contributed by atoms with Crippen LogP contribution >= 0.6 is 23.2 Å². The van der Waals surface area contributed by atoms with Crippen molar-refractivity contribution in [3.8, 4) is 0 Å². The maximum Gasteiger partial charge on any atom is 0.294 e. The maximum atomic E-state index is 11.3. The topological polar surface area (TPSA) is 49.6 Å². The van der Waals surface area contributed by atoms with Crippen LogP contribution in [0.3, 0.4) is 0 Å². The molecule has 2 aromatic rings. The molecule has 1 fully saturated rings. The van der Waals surface area contributed by atoms with Gasteiger partial charge in [-0.2, -0.15) is 0 Å². The largest absolute Gasteiger partial charge is 0.363 e. The van der Waals surface area contributed by atoms with Crippen molar-refractivity contribution in [3.05, 3.63) is 68.2 Å². The predicted octanol–water partition coefficient (Wildman–Crippen LogP) is 4.22. The van der Waals surface area contributed by atoms with Gasteiger partial charge in [-0.25, -0.2) is 0 Å². The van der Waals surface area contributed by atoms with Crippen molar-refractivity contribution < 1.29 is 4.92 Å². The van der Waals surface area contributed by atoms with Gasteiger partial charge in [0.05, 0.1) is 4.92 Å². The molecule has 3 rings (SSSR count). The Labute approximate surface area is 150 Å². The first kappa shape index (κ1) is 17.0. The molecular formula is C17H17Cl2N3O2. The Kier molecular flexibility index (Phi) is 5.23. The van der Waals surface area contributed by atoms with E-state index in [0.29, 0.717) is 10.7 Å². The van der Waals surface area contributed by atoms with Crippen molar-refractivity contribution >= 4 is 34.6 Å². The van der Waals surface area contributed by atoms with Gasteiger partial charge < -0.3 is 4.90 Å². The normalized spacial score (nSPS) is 15.5. The molecule has 1 saturated heterocycles. The molecule has 7 heteroatoms. The quantitative estimate of drug-likeness (QED) is 0.600. The van der Waals surface area contributed by atoms with E-state index in [-0.39, 0.29) is 10.6 Å². The summed E-state index contributed by atoms with van der Waals surface area (Å²) < 4.78 is 0. The summed E-state index contributed by atoms with van der Waals surface area (Å²) in [6.45, 7) is 3.99. The molecule has 0 atom stereocenters. The Hall–Kier alpha value is -1.82. The molecule has 126 valence electrons. The van der Waals surface area contributed by atoms with E-state index < -0.39 is 0 Å². The van der Waals surface area contributed by atoms with E-state index in [9.17, 15) is 10.1 Å². The molecule has 0 bridgehead atoms. The third kappa shape index (κ3) is 3.98. The Balaban J connectivity index is 1.66. The Morgan fingerprint density at radius 3 is 2.38 bits per heavy atom. The van der Waals surface area contributed by atoms with E-state index in [1.165, 1.54) is 11.6 Å². The smallest absolute Gasteiger partial charge is 0.294 e. The van der Waals surface area contributed by atoms with E-state index >= 15 is 0 Å². The van der Waals surface area contributed by atoms with Crippen LogP contribution in [0.25, 0.3) is 0 Å². The minimum Gasteiger partial charge on any atom is -0.363 e. The standard InChI is InChI=1S/C17H17Cl2N3O2/c18-14-3-1-2-13(10-14)12-20-6-8-21(9-7-20)16-5-4-15(19)11-17(16)22(23)24/h1-5,10-11H,6-9,12H2. The molecule has 0 saturated carbocycles. The Morgan fingerprint density at radius 2 is 1.71 bits per heavy atom. The fraction of sp³-hybridized carbons (Fsp3) is 0.294. The molecular weight excluding hydrogens is 349 g/mol. The number of rotatable bonds is 4. The third-order valence-corrected chi connectivity index (χ3v) is 4.61. The summed E-state index contributed by atoms with van der Waals surface area (Å²) in [6, 6.07) is 12.7. The fourth-order valence-electron chi connectivity index (χ4n) is 2.95. The second-order valence-corrected chi connectivity index (χ2v) is 6.66. The summed E-state index contributed by atoms with van der Waals surface area (Å²) >= 11 is 11.9. The van der Waals surface area contributed by atoms with Crippen LogP contribution in [0.5, 0.6) is 0 Å². The zero-order valence-electron chi connectivity index (χ0n) is 13.0. The van der Waals surface area contributed by atoms with Gasteiger partial charge in [0.1, 0.15) is 5.69 Å². The number of hydrogen-bond acceptors (Lipinski definition) is 4. The summed E-state index contributed by atoms with van der Waals surface area (Å²) in [5.74, 6) is 0. The zero-order valence-corrected chi connectivity index (χ0v) is 14.5. The molecule has 0 spiro atoms. The van der Waals surface area contributed by atoms with Crippen molar-refractivity contribution in [1.29, 1.82) is 0 Å². The molecule has 0 radical (unpaired) electrons. The highest BCUT2D eigenvalue weighted by Crippen LogP contribution is 2.31. The van der Waals surface area contributed by atoms with Crippen molar-refractivity contribution in [2.45, 2.75) is 6.54 Å². The predicted molar refractivity (Wildman–Crippen MR) is 97.0 cm³/mol. The van der Waals surface area contributed by atoms with Gasteiger partial charge >= 0.3 is 0 Å². The Morgan fingerprint density at radius 1 is 1.00 bits per heavy atom. The van der Waals surface area contributed by atoms with Crippen molar-refractivity contribution in [3.63, 3.8) is 0 Å². The van der Waals surface area contributed by atoms with Crippen LogP contribution in [0.15, 0.2) is 42.5 Å². The highest BCUT2D eigenvalue weighted by molar-refractivity contribution is 6.31. The number of nitrogens with zero attached hydrogens (tertiary/aromatic N) is 3. The second-order valence-electron chi connectivity index (χ2n) is 5.78. The van der Waals surface area contributed by atoms with Crippen molar-refractivity contribution in [2.24, 2.45) is 0 Å². The highest BCUT2D eigenvalue weighted by atomic mass is 35.5. The lowest BCUT2D eigenvalue weighted by molar-refractivity contribution is -0.384. The average molecular weight is 366 g/mol. The van der Waals surface area contributed by atoms with E-state index in [1.807, 2.05) is 23.1 Å². The third-order valence-electron chi connectivity index (χ3n) is 4.14. The molecule has 1 heterocycles. The van der Waals surface area contributed by atoms with Crippen LogP contribution in [0.4, 0.5) is 11.4 Å². The molecule has 2 aromatic carbocycles. The summed E-state index contributed by atoms with van der Waals surface area (Å²) in [5, 5.41) is 12.4. The second kappa shape index (κ2) is 7.38. The van der Waals surface area contributed by atoms with Crippen LogP contribution in [0, 0.1) is 10.1 Å². The highest BCUT2D eigenvalue weighted by Gasteiger charge is 2.24. The van der Waals surface area contributed by atoms with E-state index in [1.54, 1.807) is 12.1 Å². The van der Waals surface area contributed by atoms with Gasteiger partial charge in [0.15, 0.2) is 0 Å². The van der Waals surface area contributed by atoms with Crippen LogP contribution < -0.4 is 4.90 Å². The minimum atomic E-state index is -0.375. The summed E-state index contributed by atoms with van der Waals surface area (Å²) in [5.41, 5.74) is 1.87. The van der Waals surface area contributed by atoms with Gasteiger partial charge in [-0.05, 0) is 29.8 Å². The van der Waals surface area contributed by atoms with Crippen molar-refractivity contribution in [2.75, 3.05) is 31.1 Å². The molecule has 1 aliphatic rings. The number of piperazine rings is 1. The lowest BCUT2D eigenvalue weighted by Crippen LogP contribution is -2.46. The lowest BCUT2D eigenvalue weighted by Gasteiger charge is -2.35. The number of benzene rings is 2. The molecule has 0 aromatic heterocycles. The van der Waals surface area contributed by atoms with Gasteiger partial charge in [-0.1, -0.05) is 35.3 Å². The summed E-state index contributed by atoms with van der Waals surface area (Å²) in [4.78, 5) is 15.2. The van der Waals surface area contributed by atoms with E-state index in [2.05, 4.69) is 11.0 Å². The van der Waals surface area contributed by atoms with Crippen LogP contribution in [-0.2, 0) is 6.54 Å². The first-order valence-electron chi connectivity index (χ1n) is 7.68. The van der Waals surface area contributed by atoms with Gasteiger partial charge in [0.25, 0.3) is 5.69 Å². The van der Waals surface area contributed by atoms with E-state index in [4.69, 9.17) is 23.2 Å². The SMILES string of the molecule is O=[N+]([O-])c1cc(Cl)ccc1N1CCN(Cc2cccc(Cl)c2)CC1. The average Bonchev–Trinajstić information content (AvgIpc) is 2.56. The Bertz CT molecular complexity index is 746. The van der Waals surface area contributed by atoms with E-state index in [0.717, 1.165) is 37.7 Å². The van der Waals surface area contributed by atoms with Gasteiger partial charge in [-0.3, -0.25) is 15.0 Å². The fourth-order valence-corrected chi connectivity index (χ4v) is 3.33. The summed E-state index contributed by atoms with van der Waals surface area (Å²) in [7, 11) is 0. The van der Waals surface area contributed by atoms with Crippen molar-refractivity contribution in [1.82, 2.24) is 4.90 Å². The van der Waals surface area contributed by atoms with Crippen LogP contribution in [-0.4, -0.2) is 36.0 Å². The first-order chi connectivity index (χ1) is 11.5.